The highest BCUT2D eigenvalue weighted by Crippen LogP contribution is 2.31. The first-order valence-corrected chi connectivity index (χ1v) is 4.07. The summed E-state index contributed by atoms with van der Waals surface area (Å²) in [5.41, 5.74) is -1.44. The van der Waals surface area contributed by atoms with Gasteiger partial charge in [0.2, 0.25) is 0 Å². The number of carbonyl (C=O) groups is 1. The van der Waals surface area contributed by atoms with E-state index in [4.69, 9.17) is 5.11 Å². The van der Waals surface area contributed by atoms with E-state index in [1.54, 1.807) is 0 Å². The predicted molar refractivity (Wildman–Crippen MR) is 43.9 cm³/mol. The number of halogens is 4. The molecule has 0 aliphatic heterocycles. The Kier molecular flexibility index (Phi) is 2.79. The largest absolute Gasteiger partial charge is 0.476 e. The van der Waals surface area contributed by atoms with Crippen LogP contribution >= 0.6 is 15.9 Å². The maximum atomic E-state index is 12.1. The topological polar surface area (TPSA) is 50.2 Å². The number of pyridine rings is 1. The average Bonchev–Trinajstić information content (AvgIpc) is 2.01. The van der Waals surface area contributed by atoms with Gasteiger partial charge in [0.05, 0.1) is 10.0 Å². The summed E-state index contributed by atoms with van der Waals surface area (Å²) in [5, 5.41) is 8.49. The van der Waals surface area contributed by atoms with Crippen molar-refractivity contribution in [3.05, 3.63) is 28.0 Å². The highest BCUT2D eigenvalue weighted by Gasteiger charge is 2.31. The molecule has 76 valence electrons. The molecule has 0 aliphatic rings. The summed E-state index contributed by atoms with van der Waals surface area (Å²) < 4.78 is 36.1. The molecule has 0 aromatic carbocycles. The van der Waals surface area contributed by atoms with Gasteiger partial charge in [-0.05, 0) is 22.0 Å². The number of alkyl halides is 3. The van der Waals surface area contributed by atoms with Crippen LogP contribution in [0.1, 0.15) is 16.1 Å². The molecule has 14 heavy (non-hydrogen) atoms. The summed E-state index contributed by atoms with van der Waals surface area (Å²) in [6.45, 7) is 0. The first-order valence-electron chi connectivity index (χ1n) is 3.28. The summed E-state index contributed by atoms with van der Waals surface area (Å²) in [6, 6.07) is 0.677. The van der Waals surface area contributed by atoms with Crippen LogP contribution in [0.3, 0.4) is 0 Å². The predicted octanol–water partition coefficient (Wildman–Crippen LogP) is 2.56. The molecular weight excluding hydrogens is 267 g/mol. The van der Waals surface area contributed by atoms with Crippen LogP contribution in [0.15, 0.2) is 16.7 Å². The number of rotatable bonds is 1. The van der Waals surface area contributed by atoms with E-state index in [0.717, 1.165) is 0 Å². The van der Waals surface area contributed by atoms with Crippen LogP contribution < -0.4 is 0 Å². The Labute approximate surface area is 84.7 Å². The second-order valence-electron chi connectivity index (χ2n) is 2.36. The van der Waals surface area contributed by atoms with Crippen molar-refractivity contribution in [1.82, 2.24) is 4.98 Å². The van der Waals surface area contributed by atoms with Crippen LogP contribution in [0.2, 0.25) is 0 Å². The fourth-order valence-corrected chi connectivity index (χ4v) is 1.27. The normalized spacial score (nSPS) is 11.4. The lowest BCUT2D eigenvalue weighted by Gasteiger charge is -2.06. The van der Waals surface area contributed by atoms with Crippen LogP contribution in [0.25, 0.3) is 0 Å². The van der Waals surface area contributed by atoms with Crippen molar-refractivity contribution in [2.45, 2.75) is 6.18 Å². The molecule has 1 aromatic rings. The number of aromatic nitrogens is 1. The Morgan fingerprint density at radius 3 is 2.43 bits per heavy atom. The highest BCUT2D eigenvalue weighted by atomic mass is 79.9. The third-order valence-electron chi connectivity index (χ3n) is 1.37. The van der Waals surface area contributed by atoms with Crippen molar-refractivity contribution >= 4 is 21.9 Å². The fourth-order valence-electron chi connectivity index (χ4n) is 0.750. The molecule has 1 rings (SSSR count). The van der Waals surface area contributed by atoms with Crippen molar-refractivity contribution in [3.8, 4) is 0 Å². The second-order valence-corrected chi connectivity index (χ2v) is 3.21. The Bertz CT molecular complexity index is 378. The number of hydrogen-bond acceptors (Lipinski definition) is 2. The Morgan fingerprint density at radius 2 is 2.07 bits per heavy atom. The molecule has 1 heterocycles. The number of carboxylic acids is 1. The minimum Gasteiger partial charge on any atom is -0.476 e. The smallest absolute Gasteiger partial charge is 0.417 e. The van der Waals surface area contributed by atoms with E-state index in [0.29, 0.717) is 12.3 Å². The third-order valence-corrected chi connectivity index (χ3v) is 1.98. The van der Waals surface area contributed by atoms with Crippen molar-refractivity contribution < 1.29 is 23.1 Å². The lowest BCUT2D eigenvalue weighted by atomic mass is 10.2. The first-order chi connectivity index (χ1) is 6.32. The SMILES string of the molecule is O=C(O)c1ncc(C(F)(F)F)cc1Br. The van der Waals surface area contributed by atoms with E-state index in [1.165, 1.54) is 0 Å². The van der Waals surface area contributed by atoms with Gasteiger partial charge in [-0.3, -0.25) is 0 Å². The van der Waals surface area contributed by atoms with Gasteiger partial charge >= 0.3 is 12.1 Å². The van der Waals surface area contributed by atoms with Gasteiger partial charge in [0.15, 0.2) is 5.69 Å². The van der Waals surface area contributed by atoms with Crippen LogP contribution in [0.4, 0.5) is 13.2 Å². The average molecular weight is 270 g/mol. The van der Waals surface area contributed by atoms with E-state index in [2.05, 4.69) is 20.9 Å². The van der Waals surface area contributed by atoms with E-state index < -0.39 is 23.4 Å². The maximum absolute atomic E-state index is 12.1. The lowest BCUT2D eigenvalue weighted by Crippen LogP contribution is -2.09. The van der Waals surface area contributed by atoms with Gasteiger partial charge in [-0.25, -0.2) is 9.78 Å². The first kappa shape index (κ1) is 11.0. The zero-order valence-electron chi connectivity index (χ0n) is 6.47. The van der Waals surface area contributed by atoms with Crippen LogP contribution in [-0.4, -0.2) is 16.1 Å². The molecule has 0 atom stereocenters. The number of hydrogen-bond donors (Lipinski definition) is 1. The molecule has 0 saturated carbocycles. The second kappa shape index (κ2) is 3.56. The van der Waals surface area contributed by atoms with Gasteiger partial charge < -0.3 is 5.11 Å². The van der Waals surface area contributed by atoms with Crippen LogP contribution in [0.5, 0.6) is 0 Å². The van der Waals surface area contributed by atoms with E-state index >= 15 is 0 Å². The quantitative estimate of drug-likeness (QED) is 0.853. The molecule has 3 nitrogen and oxygen atoms in total. The summed E-state index contributed by atoms with van der Waals surface area (Å²) in [4.78, 5) is 13.6. The van der Waals surface area contributed by atoms with Crippen molar-refractivity contribution in [2.24, 2.45) is 0 Å². The van der Waals surface area contributed by atoms with Crippen LogP contribution in [0, 0.1) is 0 Å². The molecule has 0 saturated heterocycles. The number of carboxylic acid groups (broad SMARTS) is 1. The van der Waals surface area contributed by atoms with Crippen molar-refractivity contribution in [2.75, 3.05) is 0 Å². The molecule has 0 radical (unpaired) electrons. The molecule has 0 bridgehead atoms. The molecule has 0 spiro atoms. The van der Waals surface area contributed by atoms with Gasteiger partial charge in [-0.1, -0.05) is 0 Å². The molecule has 1 N–H and O–H groups in total. The van der Waals surface area contributed by atoms with Gasteiger partial charge in [0.25, 0.3) is 0 Å². The van der Waals surface area contributed by atoms with E-state index in [1.807, 2.05) is 0 Å². The van der Waals surface area contributed by atoms with Gasteiger partial charge in [0, 0.05) is 6.20 Å². The summed E-state index contributed by atoms with van der Waals surface area (Å²) in [6.07, 6.45) is -4.04. The fraction of sp³-hybridized carbons (Fsp3) is 0.143. The molecule has 0 unspecified atom stereocenters. The Hall–Kier alpha value is -1.11. The zero-order chi connectivity index (χ0) is 10.9. The summed E-state index contributed by atoms with van der Waals surface area (Å²) in [5.74, 6) is -1.38. The van der Waals surface area contributed by atoms with Crippen molar-refractivity contribution in [3.63, 3.8) is 0 Å². The van der Waals surface area contributed by atoms with Gasteiger partial charge in [0.1, 0.15) is 0 Å². The Balaban J connectivity index is 3.20. The molecule has 0 amide bonds. The molecule has 0 fully saturated rings. The standard InChI is InChI=1S/C7H3BrF3NO2/c8-4-1-3(7(9,10)11)2-12-5(4)6(13)14/h1-2H,(H,13,14). The summed E-state index contributed by atoms with van der Waals surface area (Å²) >= 11 is 2.70. The highest BCUT2D eigenvalue weighted by molar-refractivity contribution is 9.10. The van der Waals surface area contributed by atoms with E-state index in [9.17, 15) is 18.0 Å². The Morgan fingerprint density at radius 1 is 1.50 bits per heavy atom. The number of aromatic carboxylic acids is 1. The minimum atomic E-state index is -4.52. The molecular formula is C7H3BrF3NO2. The van der Waals surface area contributed by atoms with E-state index in [-0.39, 0.29) is 4.47 Å². The zero-order valence-corrected chi connectivity index (χ0v) is 8.06. The molecule has 1 aromatic heterocycles. The van der Waals surface area contributed by atoms with Crippen molar-refractivity contribution in [1.29, 1.82) is 0 Å². The maximum Gasteiger partial charge on any atom is 0.417 e. The summed E-state index contributed by atoms with van der Waals surface area (Å²) in [7, 11) is 0. The minimum absolute atomic E-state index is 0.195. The molecule has 7 heteroatoms. The monoisotopic (exact) mass is 269 g/mol. The lowest BCUT2D eigenvalue weighted by molar-refractivity contribution is -0.137. The third kappa shape index (κ3) is 2.22. The van der Waals surface area contributed by atoms with Gasteiger partial charge in [-0.2, -0.15) is 13.2 Å². The number of nitrogens with zero attached hydrogens (tertiary/aromatic N) is 1. The molecule has 0 aliphatic carbocycles. The van der Waals surface area contributed by atoms with Gasteiger partial charge in [-0.15, -0.1) is 0 Å². The van der Waals surface area contributed by atoms with Crippen LogP contribution in [-0.2, 0) is 6.18 Å².